The third-order valence-electron chi connectivity index (χ3n) is 3.05. The van der Waals surface area contributed by atoms with Gasteiger partial charge in [0, 0.05) is 25.6 Å². The minimum absolute atomic E-state index is 0.435. The van der Waals surface area contributed by atoms with Gasteiger partial charge in [0.05, 0.1) is 6.10 Å². The molecule has 5 nitrogen and oxygen atoms in total. The number of rotatable bonds is 8. The summed E-state index contributed by atoms with van der Waals surface area (Å²) in [7, 11) is 0. The van der Waals surface area contributed by atoms with E-state index in [2.05, 4.69) is 27.5 Å². The first-order chi connectivity index (χ1) is 10.2. The van der Waals surface area contributed by atoms with Crippen molar-refractivity contribution < 1.29 is 5.11 Å². The van der Waals surface area contributed by atoms with Gasteiger partial charge in [0.1, 0.15) is 17.5 Å². The monoisotopic (exact) mass is 306 g/mol. The summed E-state index contributed by atoms with van der Waals surface area (Å²) in [5.74, 6) is 2.37. The maximum absolute atomic E-state index is 10.1. The molecule has 0 amide bonds. The first-order valence-electron chi connectivity index (χ1n) is 7.28. The summed E-state index contributed by atoms with van der Waals surface area (Å²) < 4.78 is 0. The molecule has 2 aromatic heterocycles. The van der Waals surface area contributed by atoms with Crippen LogP contribution in [0.1, 0.15) is 37.8 Å². The highest BCUT2D eigenvalue weighted by atomic mass is 32.1. The Balaban J connectivity index is 2.01. The molecule has 1 unspecified atom stereocenters. The zero-order valence-corrected chi connectivity index (χ0v) is 13.3. The first kappa shape index (κ1) is 15.7. The fourth-order valence-electron chi connectivity index (χ4n) is 1.87. The van der Waals surface area contributed by atoms with Crippen LogP contribution in [-0.2, 0) is 6.42 Å². The standard InChI is InChI=1S/C15H22N4OS/c1-3-6-16-14-8-15(19-13(4-2)18-14)17-9-12(20)11-5-7-21-10-11/h5,7-8,10,12,20H,3-4,6,9H2,1-2H3,(H2,16,17,18,19). The number of aliphatic hydroxyl groups is 1. The Labute approximate surface area is 129 Å². The number of thiophene rings is 1. The molecular formula is C15H22N4OS. The number of aliphatic hydroxyl groups excluding tert-OH is 1. The van der Waals surface area contributed by atoms with Crippen LogP contribution in [0.15, 0.2) is 22.9 Å². The lowest BCUT2D eigenvalue weighted by Crippen LogP contribution is -2.14. The molecule has 0 aliphatic rings. The number of hydrogen-bond donors (Lipinski definition) is 3. The molecule has 2 rings (SSSR count). The summed E-state index contributed by atoms with van der Waals surface area (Å²) in [6.07, 6.45) is 1.30. The molecule has 2 aromatic rings. The van der Waals surface area contributed by atoms with Gasteiger partial charge in [-0.25, -0.2) is 9.97 Å². The van der Waals surface area contributed by atoms with E-state index in [-0.39, 0.29) is 0 Å². The minimum atomic E-state index is -0.525. The molecule has 0 aliphatic heterocycles. The summed E-state index contributed by atoms with van der Waals surface area (Å²) in [5.41, 5.74) is 0.932. The Morgan fingerprint density at radius 3 is 2.62 bits per heavy atom. The van der Waals surface area contributed by atoms with E-state index in [4.69, 9.17) is 0 Å². The third-order valence-corrected chi connectivity index (χ3v) is 3.75. The van der Waals surface area contributed by atoms with Crippen molar-refractivity contribution in [1.29, 1.82) is 0 Å². The highest BCUT2D eigenvalue weighted by molar-refractivity contribution is 7.07. The number of anilines is 2. The number of hydrogen-bond acceptors (Lipinski definition) is 6. The molecule has 3 N–H and O–H groups in total. The van der Waals surface area contributed by atoms with Gasteiger partial charge in [0.25, 0.3) is 0 Å². The zero-order chi connectivity index (χ0) is 15.1. The zero-order valence-electron chi connectivity index (χ0n) is 12.5. The van der Waals surface area contributed by atoms with Gasteiger partial charge in [0.2, 0.25) is 0 Å². The van der Waals surface area contributed by atoms with Crippen LogP contribution < -0.4 is 10.6 Å². The van der Waals surface area contributed by atoms with E-state index in [1.165, 1.54) is 0 Å². The van der Waals surface area contributed by atoms with Crippen molar-refractivity contribution in [3.63, 3.8) is 0 Å². The molecule has 0 aromatic carbocycles. The van der Waals surface area contributed by atoms with Crippen molar-refractivity contribution in [2.24, 2.45) is 0 Å². The second kappa shape index (κ2) is 7.95. The lowest BCUT2D eigenvalue weighted by molar-refractivity contribution is 0.192. The molecule has 0 saturated carbocycles. The van der Waals surface area contributed by atoms with Gasteiger partial charge >= 0.3 is 0 Å². The first-order valence-corrected chi connectivity index (χ1v) is 8.23. The molecule has 0 spiro atoms. The highest BCUT2D eigenvalue weighted by Crippen LogP contribution is 2.18. The van der Waals surface area contributed by atoms with Gasteiger partial charge in [0.15, 0.2) is 0 Å². The second-order valence-corrected chi connectivity index (χ2v) is 5.57. The third kappa shape index (κ3) is 4.68. The summed E-state index contributed by atoms with van der Waals surface area (Å²) in [5, 5.41) is 20.5. The average Bonchev–Trinajstić information content (AvgIpc) is 3.04. The Morgan fingerprint density at radius 2 is 2.00 bits per heavy atom. The number of aromatic nitrogens is 2. The molecule has 114 valence electrons. The fraction of sp³-hybridized carbons (Fsp3) is 0.467. The van der Waals surface area contributed by atoms with Gasteiger partial charge in [-0.1, -0.05) is 13.8 Å². The van der Waals surface area contributed by atoms with Crippen LogP contribution in [0.2, 0.25) is 0 Å². The molecular weight excluding hydrogens is 284 g/mol. The van der Waals surface area contributed by atoms with Crippen LogP contribution in [0.25, 0.3) is 0 Å². The van der Waals surface area contributed by atoms with E-state index < -0.39 is 6.10 Å². The predicted octanol–water partition coefficient (Wildman–Crippen LogP) is 3.07. The van der Waals surface area contributed by atoms with Crippen molar-refractivity contribution >= 4 is 23.0 Å². The van der Waals surface area contributed by atoms with Crippen LogP contribution in [0, 0.1) is 0 Å². The fourth-order valence-corrected chi connectivity index (χ4v) is 2.58. The van der Waals surface area contributed by atoms with Crippen LogP contribution in [0.5, 0.6) is 0 Å². The van der Waals surface area contributed by atoms with Crippen molar-refractivity contribution in [3.05, 3.63) is 34.3 Å². The van der Waals surface area contributed by atoms with Gasteiger partial charge in [-0.2, -0.15) is 11.3 Å². The van der Waals surface area contributed by atoms with E-state index in [0.717, 1.165) is 42.4 Å². The van der Waals surface area contributed by atoms with Gasteiger partial charge in [-0.3, -0.25) is 0 Å². The number of nitrogens with zero attached hydrogens (tertiary/aromatic N) is 2. The van der Waals surface area contributed by atoms with E-state index in [1.807, 2.05) is 29.8 Å². The highest BCUT2D eigenvalue weighted by Gasteiger charge is 2.09. The van der Waals surface area contributed by atoms with Crippen LogP contribution in [0.4, 0.5) is 11.6 Å². The quantitative estimate of drug-likeness (QED) is 0.699. The van der Waals surface area contributed by atoms with Gasteiger partial charge < -0.3 is 15.7 Å². The Bertz CT molecular complexity index is 545. The van der Waals surface area contributed by atoms with Crippen LogP contribution in [0.3, 0.4) is 0 Å². The Morgan fingerprint density at radius 1 is 1.24 bits per heavy atom. The minimum Gasteiger partial charge on any atom is -0.387 e. The normalized spacial score (nSPS) is 12.1. The number of aryl methyl sites for hydroxylation is 1. The van der Waals surface area contributed by atoms with Crippen molar-refractivity contribution in [1.82, 2.24) is 9.97 Å². The molecule has 0 radical (unpaired) electrons. The Kier molecular flexibility index (Phi) is 5.95. The molecule has 2 heterocycles. The van der Waals surface area contributed by atoms with Gasteiger partial charge in [-0.05, 0) is 28.8 Å². The van der Waals surface area contributed by atoms with Crippen LogP contribution in [-0.4, -0.2) is 28.2 Å². The second-order valence-electron chi connectivity index (χ2n) is 4.79. The number of nitrogens with one attached hydrogen (secondary N) is 2. The Hall–Kier alpha value is -1.66. The van der Waals surface area contributed by atoms with E-state index in [1.54, 1.807) is 11.3 Å². The van der Waals surface area contributed by atoms with Crippen LogP contribution >= 0.6 is 11.3 Å². The van der Waals surface area contributed by atoms with E-state index >= 15 is 0 Å². The summed E-state index contributed by atoms with van der Waals surface area (Å²) in [4.78, 5) is 8.89. The van der Waals surface area contributed by atoms with Gasteiger partial charge in [-0.15, -0.1) is 0 Å². The lowest BCUT2D eigenvalue weighted by Gasteiger charge is -2.13. The average molecular weight is 306 g/mol. The van der Waals surface area contributed by atoms with Crippen molar-refractivity contribution in [2.75, 3.05) is 23.7 Å². The molecule has 1 atom stereocenters. The maximum Gasteiger partial charge on any atom is 0.132 e. The molecule has 0 bridgehead atoms. The lowest BCUT2D eigenvalue weighted by atomic mass is 10.2. The SMILES string of the molecule is CCCNc1cc(NCC(O)c2ccsc2)nc(CC)n1. The summed E-state index contributed by atoms with van der Waals surface area (Å²) >= 11 is 1.58. The molecule has 0 saturated heterocycles. The summed E-state index contributed by atoms with van der Waals surface area (Å²) in [6, 6.07) is 3.82. The van der Waals surface area contributed by atoms with Crippen molar-refractivity contribution in [2.45, 2.75) is 32.8 Å². The van der Waals surface area contributed by atoms with Crippen molar-refractivity contribution in [3.8, 4) is 0 Å². The molecule has 21 heavy (non-hydrogen) atoms. The van der Waals surface area contributed by atoms with E-state index in [9.17, 15) is 5.11 Å². The van der Waals surface area contributed by atoms with E-state index in [0.29, 0.717) is 6.54 Å². The molecule has 6 heteroatoms. The smallest absolute Gasteiger partial charge is 0.132 e. The largest absolute Gasteiger partial charge is 0.387 e. The molecule has 0 fully saturated rings. The predicted molar refractivity (Wildman–Crippen MR) is 88.0 cm³/mol. The summed E-state index contributed by atoms with van der Waals surface area (Å²) in [6.45, 7) is 5.47. The maximum atomic E-state index is 10.1. The topological polar surface area (TPSA) is 70.1 Å². The molecule has 0 aliphatic carbocycles.